The van der Waals surface area contributed by atoms with Crippen LogP contribution in [0.4, 0.5) is 0 Å². The summed E-state index contributed by atoms with van der Waals surface area (Å²) in [6, 6.07) is 3.74. The molecule has 0 aliphatic heterocycles. The third-order valence-electron chi connectivity index (χ3n) is 3.12. The maximum absolute atomic E-state index is 10.7. The van der Waals surface area contributed by atoms with Crippen LogP contribution in [0.1, 0.15) is 12.8 Å². The highest BCUT2D eigenvalue weighted by Crippen LogP contribution is 2.32. The molecule has 2 aromatic heterocycles. The number of rotatable bonds is 3. The van der Waals surface area contributed by atoms with Crippen molar-refractivity contribution in [2.75, 3.05) is 0 Å². The monoisotopic (exact) mass is 232 g/mol. The van der Waals surface area contributed by atoms with Crippen molar-refractivity contribution >= 4 is 11.6 Å². The van der Waals surface area contributed by atoms with Gasteiger partial charge in [-0.25, -0.2) is 4.98 Å². The molecule has 88 valence electrons. The van der Waals surface area contributed by atoms with Crippen LogP contribution in [0.15, 0.2) is 30.7 Å². The molecule has 5 nitrogen and oxygen atoms in total. The number of imidazole rings is 1. The van der Waals surface area contributed by atoms with Gasteiger partial charge in [0.2, 0.25) is 0 Å². The zero-order chi connectivity index (χ0) is 11.8. The van der Waals surface area contributed by atoms with Crippen LogP contribution in [0.2, 0.25) is 0 Å². The van der Waals surface area contributed by atoms with Crippen LogP contribution >= 0.6 is 0 Å². The van der Waals surface area contributed by atoms with Gasteiger partial charge in [0.15, 0.2) is 11.4 Å². The van der Waals surface area contributed by atoms with Crippen molar-refractivity contribution in [2.45, 2.75) is 18.9 Å². The van der Waals surface area contributed by atoms with Gasteiger partial charge < -0.3 is 14.2 Å². The Labute approximate surface area is 97.7 Å². The van der Waals surface area contributed by atoms with Gasteiger partial charge in [-0.1, -0.05) is 0 Å². The summed E-state index contributed by atoms with van der Waals surface area (Å²) in [5, 5.41) is 8.78. The molecule has 2 heterocycles. The van der Waals surface area contributed by atoms with Gasteiger partial charge in [0.05, 0.1) is 5.92 Å². The van der Waals surface area contributed by atoms with Crippen molar-refractivity contribution in [1.82, 2.24) is 9.38 Å². The molecule has 1 N–H and O–H groups in total. The van der Waals surface area contributed by atoms with Crippen molar-refractivity contribution in [1.29, 1.82) is 0 Å². The Morgan fingerprint density at radius 3 is 3.06 bits per heavy atom. The van der Waals surface area contributed by atoms with Crippen LogP contribution in [-0.4, -0.2) is 26.6 Å². The van der Waals surface area contributed by atoms with Crippen LogP contribution < -0.4 is 4.74 Å². The number of pyridine rings is 1. The zero-order valence-corrected chi connectivity index (χ0v) is 9.11. The minimum atomic E-state index is -0.733. The van der Waals surface area contributed by atoms with E-state index in [-0.39, 0.29) is 12.0 Å². The molecule has 1 fully saturated rings. The summed E-state index contributed by atoms with van der Waals surface area (Å²) in [7, 11) is 0. The first kappa shape index (κ1) is 10.1. The number of carboxylic acid groups (broad SMARTS) is 1. The number of nitrogens with zero attached hydrogens (tertiary/aromatic N) is 2. The second kappa shape index (κ2) is 3.76. The standard InChI is InChI=1S/C12H12N2O3/c15-12(16)8-6-9(7-8)17-10-2-1-4-14-5-3-13-11(10)14/h1-5,8-9H,6-7H2,(H,15,16). The quantitative estimate of drug-likeness (QED) is 0.872. The molecule has 0 atom stereocenters. The summed E-state index contributed by atoms with van der Waals surface area (Å²) in [4.78, 5) is 14.9. The highest BCUT2D eigenvalue weighted by atomic mass is 16.5. The molecule has 0 spiro atoms. The van der Waals surface area contributed by atoms with Gasteiger partial charge in [0, 0.05) is 18.6 Å². The van der Waals surface area contributed by atoms with Crippen molar-refractivity contribution < 1.29 is 14.6 Å². The molecular formula is C12H12N2O3. The second-order valence-electron chi connectivity index (χ2n) is 4.28. The lowest BCUT2D eigenvalue weighted by atomic mass is 9.82. The number of fused-ring (bicyclic) bond motifs is 1. The van der Waals surface area contributed by atoms with Crippen molar-refractivity contribution in [3.8, 4) is 5.75 Å². The van der Waals surface area contributed by atoms with Crippen LogP contribution in [0, 0.1) is 5.92 Å². The van der Waals surface area contributed by atoms with E-state index in [1.165, 1.54) is 0 Å². The van der Waals surface area contributed by atoms with E-state index in [4.69, 9.17) is 9.84 Å². The smallest absolute Gasteiger partial charge is 0.306 e. The van der Waals surface area contributed by atoms with E-state index < -0.39 is 5.97 Å². The largest absolute Gasteiger partial charge is 0.486 e. The molecule has 5 heteroatoms. The number of aromatic nitrogens is 2. The fraction of sp³-hybridized carbons (Fsp3) is 0.333. The fourth-order valence-corrected chi connectivity index (χ4v) is 2.06. The molecule has 1 aliphatic carbocycles. The molecule has 1 saturated carbocycles. The molecular weight excluding hydrogens is 220 g/mol. The Kier molecular flexibility index (Phi) is 2.24. The summed E-state index contributed by atoms with van der Waals surface area (Å²) in [5.74, 6) is -0.269. The van der Waals surface area contributed by atoms with E-state index in [2.05, 4.69) is 4.98 Å². The number of carbonyl (C=O) groups is 1. The Bertz CT molecular complexity index is 558. The van der Waals surface area contributed by atoms with E-state index in [1.807, 2.05) is 28.9 Å². The molecule has 0 unspecified atom stereocenters. The molecule has 2 aromatic rings. The predicted molar refractivity (Wildman–Crippen MR) is 60.0 cm³/mol. The number of aliphatic carboxylic acids is 1. The summed E-state index contributed by atoms with van der Waals surface area (Å²) >= 11 is 0. The van der Waals surface area contributed by atoms with Gasteiger partial charge in [-0.15, -0.1) is 0 Å². The van der Waals surface area contributed by atoms with E-state index in [0.717, 1.165) is 5.65 Å². The lowest BCUT2D eigenvalue weighted by Crippen LogP contribution is -2.38. The van der Waals surface area contributed by atoms with Crippen molar-refractivity contribution in [3.05, 3.63) is 30.7 Å². The average Bonchev–Trinajstić information content (AvgIpc) is 2.70. The predicted octanol–water partition coefficient (Wildman–Crippen LogP) is 1.58. The Morgan fingerprint density at radius 2 is 2.29 bits per heavy atom. The molecule has 0 amide bonds. The molecule has 0 aromatic carbocycles. The van der Waals surface area contributed by atoms with Crippen LogP contribution in [-0.2, 0) is 4.79 Å². The normalized spacial score (nSPS) is 23.3. The molecule has 3 rings (SSSR count). The molecule has 0 radical (unpaired) electrons. The van der Waals surface area contributed by atoms with Crippen molar-refractivity contribution in [3.63, 3.8) is 0 Å². The number of carboxylic acids is 1. The lowest BCUT2D eigenvalue weighted by Gasteiger charge is -2.32. The van der Waals surface area contributed by atoms with E-state index >= 15 is 0 Å². The molecule has 0 bridgehead atoms. The molecule has 1 aliphatic rings. The van der Waals surface area contributed by atoms with E-state index in [0.29, 0.717) is 18.6 Å². The Balaban J connectivity index is 1.74. The number of ether oxygens (including phenoxy) is 1. The minimum absolute atomic E-state index is 0.000926. The van der Waals surface area contributed by atoms with E-state index in [9.17, 15) is 4.79 Å². The maximum atomic E-state index is 10.7. The SMILES string of the molecule is O=C(O)C1CC(Oc2cccn3ccnc23)C1. The van der Waals surface area contributed by atoms with Crippen molar-refractivity contribution in [2.24, 2.45) is 5.92 Å². The summed E-state index contributed by atoms with van der Waals surface area (Å²) < 4.78 is 7.63. The fourth-order valence-electron chi connectivity index (χ4n) is 2.06. The summed E-state index contributed by atoms with van der Waals surface area (Å²) in [6.45, 7) is 0. The Morgan fingerprint density at radius 1 is 1.47 bits per heavy atom. The maximum Gasteiger partial charge on any atom is 0.306 e. The third kappa shape index (κ3) is 1.73. The highest BCUT2D eigenvalue weighted by Gasteiger charge is 2.36. The highest BCUT2D eigenvalue weighted by molar-refractivity contribution is 5.71. The lowest BCUT2D eigenvalue weighted by molar-refractivity contribution is -0.147. The zero-order valence-electron chi connectivity index (χ0n) is 9.11. The molecule has 17 heavy (non-hydrogen) atoms. The Hall–Kier alpha value is -2.04. The van der Waals surface area contributed by atoms with Gasteiger partial charge in [0.25, 0.3) is 0 Å². The first-order valence-corrected chi connectivity index (χ1v) is 5.55. The number of hydrogen-bond acceptors (Lipinski definition) is 3. The number of hydrogen-bond donors (Lipinski definition) is 1. The average molecular weight is 232 g/mol. The minimum Gasteiger partial charge on any atom is -0.486 e. The summed E-state index contributed by atoms with van der Waals surface area (Å²) in [5.41, 5.74) is 0.770. The van der Waals surface area contributed by atoms with Gasteiger partial charge in [0.1, 0.15) is 6.10 Å². The molecule has 0 saturated heterocycles. The topological polar surface area (TPSA) is 63.8 Å². The third-order valence-corrected chi connectivity index (χ3v) is 3.12. The van der Waals surface area contributed by atoms with Crippen LogP contribution in [0.5, 0.6) is 5.75 Å². The van der Waals surface area contributed by atoms with Crippen LogP contribution in [0.3, 0.4) is 0 Å². The first-order chi connectivity index (χ1) is 8.24. The van der Waals surface area contributed by atoms with Crippen LogP contribution in [0.25, 0.3) is 5.65 Å². The second-order valence-corrected chi connectivity index (χ2v) is 4.28. The van der Waals surface area contributed by atoms with Gasteiger partial charge in [-0.05, 0) is 25.0 Å². The van der Waals surface area contributed by atoms with E-state index in [1.54, 1.807) is 6.20 Å². The van der Waals surface area contributed by atoms with Gasteiger partial charge in [-0.3, -0.25) is 4.79 Å². The van der Waals surface area contributed by atoms with Gasteiger partial charge >= 0.3 is 5.97 Å². The van der Waals surface area contributed by atoms with Gasteiger partial charge in [-0.2, -0.15) is 0 Å². The summed E-state index contributed by atoms with van der Waals surface area (Å²) in [6.07, 6.45) is 6.62. The first-order valence-electron chi connectivity index (χ1n) is 5.55.